The largest absolute Gasteiger partial charge is 0.497 e. The summed E-state index contributed by atoms with van der Waals surface area (Å²) in [6.07, 6.45) is 5.47. The molecule has 0 unspecified atom stereocenters. The molecule has 78 valence electrons. The summed E-state index contributed by atoms with van der Waals surface area (Å²) in [7, 11) is 0. The lowest BCUT2D eigenvalue weighted by Gasteiger charge is -2.14. The van der Waals surface area contributed by atoms with E-state index in [1.807, 2.05) is 13.0 Å². The second-order valence-electron chi connectivity index (χ2n) is 2.93. The minimum Gasteiger partial charge on any atom is -0.497 e. The highest BCUT2D eigenvalue weighted by molar-refractivity contribution is 5.92. The Balaban J connectivity index is 2.77. The van der Waals surface area contributed by atoms with E-state index in [4.69, 9.17) is 9.47 Å². The van der Waals surface area contributed by atoms with Gasteiger partial charge in [-0.3, -0.25) is 0 Å². The third-order valence-corrected chi connectivity index (χ3v) is 1.94. The van der Waals surface area contributed by atoms with Crippen molar-refractivity contribution < 1.29 is 14.3 Å². The van der Waals surface area contributed by atoms with Crippen LogP contribution in [0.2, 0.25) is 0 Å². The summed E-state index contributed by atoms with van der Waals surface area (Å²) in [4.78, 5) is 11.5. The molecule has 0 atom stereocenters. The molecule has 0 aromatic carbocycles. The van der Waals surface area contributed by atoms with E-state index in [9.17, 15) is 4.79 Å². The fourth-order valence-corrected chi connectivity index (χ4v) is 1.36. The highest BCUT2D eigenvalue weighted by Crippen LogP contribution is 2.20. The first-order valence-corrected chi connectivity index (χ1v) is 4.99. The van der Waals surface area contributed by atoms with Gasteiger partial charge in [0.05, 0.1) is 18.8 Å². The topological polar surface area (TPSA) is 35.5 Å². The van der Waals surface area contributed by atoms with Crippen molar-refractivity contribution in [1.29, 1.82) is 0 Å². The fraction of sp³-hybridized carbons (Fsp3) is 0.545. The Kier molecular flexibility index (Phi) is 4.23. The van der Waals surface area contributed by atoms with Crippen LogP contribution in [0, 0.1) is 0 Å². The number of ether oxygens (including phenoxy) is 2. The van der Waals surface area contributed by atoms with Crippen LogP contribution in [0.4, 0.5) is 0 Å². The van der Waals surface area contributed by atoms with Crippen molar-refractivity contribution in [2.24, 2.45) is 0 Å². The van der Waals surface area contributed by atoms with Gasteiger partial charge >= 0.3 is 5.97 Å². The monoisotopic (exact) mass is 196 g/mol. The molecular formula is C11H16O3. The summed E-state index contributed by atoms with van der Waals surface area (Å²) in [5.74, 6) is 0.473. The van der Waals surface area contributed by atoms with E-state index in [-0.39, 0.29) is 5.97 Å². The summed E-state index contributed by atoms with van der Waals surface area (Å²) in [6.45, 7) is 4.70. The zero-order chi connectivity index (χ0) is 10.4. The number of hydrogen-bond acceptors (Lipinski definition) is 3. The van der Waals surface area contributed by atoms with Gasteiger partial charge in [0.15, 0.2) is 0 Å². The maximum absolute atomic E-state index is 11.5. The van der Waals surface area contributed by atoms with Crippen molar-refractivity contribution in [2.45, 2.75) is 26.7 Å². The Morgan fingerprint density at radius 1 is 1.43 bits per heavy atom. The zero-order valence-electron chi connectivity index (χ0n) is 8.71. The van der Waals surface area contributed by atoms with Gasteiger partial charge in [0, 0.05) is 6.42 Å². The molecule has 0 N–H and O–H groups in total. The van der Waals surface area contributed by atoms with Crippen LogP contribution in [-0.2, 0) is 14.3 Å². The van der Waals surface area contributed by atoms with Crippen LogP contribution >= 0.6 is 0 Å². The predicted molar refractivity (Wildman–Crippen MR) is 53.7 cm³/mol. The molecule has 0 spiro atoms. The summed E-state index contributed by atoms with van der Waals surface area (Å²) >= 11 is 0. The minimum absolute atomic E-state index is 0.285. The van der Waals surface area contributed by atoms with E-state index in [0.717, 1.165) is 18.6 Å². The molecule has 14 heavy (non-hydrogen) atoms. The third kappa shape index (κ3) is 2.62. The first kappa shape index (κ1) is 10.8. The van der Waals surface area contributed by atoms with Gasteiger partial charge in [0.2, 0.25) is 0 Å². The van der Waals surface area contributed by atoms with Crippen LogP contribution in [0.1, 0.15) is 26.7 Å². The molecule has 0 amide bonds. The average molecular weight is 196 g/mol. The van der Waals surface area contributed by atoms with Crippen molar-refractivity contribution in [3.63, 3.8) is 0 Å². The number of esters is 1. The van der Waals surface area contributed by atoms with Crippen LogP contribution in [0.15, 0.2) is 23.5 Å². The van der Waals surface area contributed by atoms with Gasteiger partial charge < -0.3 is 9.47 Å². The molecule has 0 bridgehead atoms. The summed E-state index contributed by atoms with van der Waals surface area (Å²) in [5, 5.41) is 0. The first-order chi connectivity index (χ1) is 6.79. The van der Waals surface area contributed by atoms with Gasteiger partial charge in [-0.25, -0.2) is 4.79 Å². The molecule has 1 rings (SSSR count). The molecule has 0 aromatic rings. The van der Waals surface area contributed by atoms with Crippen LogP contribution in [0.25, 0.3) is 0 Å². The van der Waals surface area contributed by atoms with Crippen LogP contribution < -0.4 is 0 Å². The number of allylic oxidation sites excluding steroid dienone is 2. The van der Waals surface area contributed by atoms with Crippen molar-refractivity contribution in [3.8, 4) is 0 Å². The average Bonchev–Trinajstić information content (AvgIpc) is 2.19. The predicted octanol–water partition coefficient (Wildman–Crippen LogP) is 2.19. The molecule has 3 nitrogen and oxygen atoms in total. The van der Waals surface area contributed by atoms with Crippen LogP contribution in [0.3, 0.4) is 0 Å². The Hall–Kier alpha value is -1.25. The fourth-order valence-electron chi connectivity index (χ4n) is 1.36. The van der Waals surface area contributed by atoms with Crippen LogP contribution in [0.5, 0.6) is 0 Å². The van der Waals surface area contributed by atoms with Crippen molar-refractivity contribution in [1.82, 2.24) is 0 Å². The molecule has 0 fully saturated rings. The van der Waals surface area contributed by atoms with E-state index >= 15 is 0 Å². The molecule has 1 aliphatic carbocycles. The van der Waals surface area contributed by atoms with E-state index < -0.39 is 0 Å². The molecule has 3 heteroatoms. The maximum atomic E-state index is 11.5. The molecule has 0 aromatic heterocycles. The number of hydrogen-bond donors (Lipinski definition) is 0. The summed E-state index contributed by atoms with van der Waals surface area (Å²) < 4.78 is 10.3. The van der Waals surface area contributed by atoms with Gasteiger partial charge in [-0.15, -0.1) is 0 Å². The Morgan fingerprint density at radius 2 is 2.21 bits per heavy atom. The lowest BCUT2D eigenvalue weighted by atomic mass is 10.1. The lowest BCUT2D eigenvalue weighted by molar-refractivity contribution is -0.138. The van der Waals surface area contributed by atoms with Gasteiger partial charge in [0.1, 0.15) is 5.76 Å². The molecule has 1 aliphatic rings. The van der Waals surface area contributed by atoms with Crippen LogP contribution in [-0.4, -0.2) is 19.2 Å². The van der Waals surface area contributed by atoms with E-state index in [1.165, 1.54) is 0 Å². The summed E-state index contributed by atoms with van der Waals surface area (Å²) in [6, 6.07) is 0. The smallest absolute Gasteiger partial charge is 0.341 e. The van der Waals surface area contributed by atoms with E-state index in [0.29, 0.717) is 18.8 Å². The maximum Gasteiger partial charge on any atom is 0.341 e. The molecule has 0 saturated heterocycles. The van der Waals surface area contributed by atoms with Crippen molar-refractivity contribution >= 4 is 5.97 Å². The zero-order valence-corrected chi connectivity index (χ0v) is 8.71. The van der Waals surface area contributed by atoms with Gasteiger partial charge in [-0.2, -0.15) is 0 Å². The number of rotatable bonds is 4. The lowest BCUT2D eigenvalue weighted by Crippen LogP contribution is -2.12. The Morgan fingerprint density at radius 3 is 2.86 bits per heavy atom. The summed E-state index contributed by atoms with van der Waals surface area (Å²) in [5.41, 5.74) is 0.569. The molecular weight excluding hydrogens is 180 g/mol. The van der Waals surface area contributed by atoms with Gasteiger partial charge in [-0.05, 0) is 26.3 Å². The Labute approximate surface area is 84.4 Å². The standard InChI is InChI=1S/C11H16O3/c1-3-13-10-8-6-5-7-9(10)11(12)14-4-2/h5,7H,3-4,6,8H2,1-2H3. The number of carbonyl (C=O) groups excluding carboxylic acids is 1. The molecule has 0 saturated carbocycles. The van der Waals surface area contributed by atoms with Gasteiger partial charge in [0.25, 0.3) is 0 Å². The highest BCUT2D eigenvalue weighted by Gasteiger charge is 2.17. The molecule has 0 aliphatic heterocycles. The first-order valence-electron chi connectivity index (χ1n) is 4.99. The normalized spacial score (nSPS) is 15.6. The number of carbonyl (C=O) groups is 1. The van der Waals surface area contributed by atoms with E-state index in [2.05, 4.69) is 0 Å². The highest BCUT2D eigenvalue weighted by atomic mass is 16.5. The Bertz CT molecular complexity index is 264. The third-order valence-electron chi connectivity index (χ3n) is 1.94. The van der Waals surface area contributed by atoms with Gasteiger partial charge in [-0.1, -0.05) is 6.08 Å². The van der Waals surface area contributed by atoms with E-state index in [1.54, 1.807) is 13.0 Å². The molecule has 0 heterocycles. The van der Waals surface area contributed by atoms with Crippen molar-refractivity contribution in [2.75, 3.05) is 13.2 Å². The van der Waals surface area contributed by atoms with Crippen molar-refractivity contribution in [3.05, 3.63) is 23.5 Å². The second-order valence-corrected chi connectivity index (χ2v) is 2.93. The second kappa shape index (κ2) is 5.47. The minimum atomic E-state index is -0.285. The SMILES string of the molecule is CCOC(=O)C1=C(OCC)CCC=C1. The molecule has 0 radical (unpaired) electrons. The quantitative estimate of drug-likeness (QED) is 0.646.